The number of carbonyl (C=O) groups is 2. The molecule has 2 amide bonds. The number of aromatic nitrogens is 2. The zero-order chi connectivity index (χ0) is 22.4. The van der Waals surface area contributed by atoms with Gasteiger partial charge in [0, 0.05) is 18.0 Å². The van der Waals surface area contributed by atoms with Gasteiger partial charge < -0.3 is 22.5 Å². The molecule has 1 aliphatic heterocycles. The molecular formula is C18H24ClN9O2S. The number of nitrogen functional groups attached to an aromatic ring is 2. The maximum absolute atomic E-state index is 12.3. The van der Waals surface area contributed by atoms with Crippen molar-refractivity contribution in [3.05, 3.63) is 33.2 Å². The van der Waals surface area contributed by atoms with Gasteiger partial charge in [0.2, 0.25) is 5.91 Å². The Balaban J connectivity index is 1.44. The number of anilines is 2. The quantitative estimate of drug-likeness (QED) is 0.296. The van der Waals surface area contributed by atoms with Gasteiger partial charge in [0.25, 0.3) is 5.91 Å². The van der Waals surface area contributed by atoms with Crippen LogP contribution < -0.4 is 27.8 Å². The van der Waals surface area contributed by atoms with Crippen LogP contribution in [0.1, 0.15) is 28.2 Å². The number of likely N-dealkylation sites (tertiary alicyclic amines) is 1. The number of halogens is 1. The second-order valence-corrected chi connectivity index (χ2v) is 8.36. The zero-order valence-electron chi connectivity index (χ0n) is 16.7. The first-order chi connectivity index (χ1) is 14.8. The fourth-order valence-electron chi connectivity index (χ4n) is 3.08. The van der Waals surface area contributed by atoms with Gasteiger partial charge in [-0.3, -0.25) is 19.8 Å². The highest BCUT2D eigenvalue weighted by atomic mass is 35.5. The summed E-state index contributed by atoms with van der Waals surface area (Å²) in [5.41, 5.74) is 16.8. The Morgan fingerprint density at radius 3 is 2.68 bits per heavy atom. The number of piperidine rings is 1. The van der Waals surface area contributed by atoms with Crippen LogP contribution in [0.15, 0.2) is 22.5 Å². The smallest absolute Gasteiger partial charge is 0.280 e. The number of rotatable bonds is 6. The van der Waals surface area contributed by atoms with E-state index in [2.05, 4.69) is 30.5 Å². The third-order valence-electron chi connectivity index (χ3n) is 4.65. The summed E-state index contributed by atoms with van der Waals surface area (Å²) in [6.07, 6.45) is 1.43. The average Bonchev–Trinajstić information content (AvgIpc) is 3.24. The first-order valence-electron chi connectivity index (χ1n) is 9.56. The Morgan fingerprint density at radius 2 is 2.00 bits per heavy atom. The molecule has 1 saturated heterocycles. The summed E-state index contributed by atoms with van der Waals surface area (Å²) in [5.74, 6) is -0.954. The molecule has 3 heterocycles. The SMILES string of the molecule is NC(=NC1CCN(CC(=O)NCc2cccs2)CC1)NC(=O)c1nc(Cl)c(N)nc1N. The largest absolute Gasteiger partial charge is 0.382 e. The molecule has 3 rings (SSSR count). The molecule has 0 aromatic carbocycles. The van der Waals surface area contributed by atoms with Crippen molar-refractivity contribution in [3.63, 3.8) is 0 Å². The van der Waals surface area contributed by atoms with Crippen LogP contribution in [0.3, 0.4) is 0 Å². The third kappa shape index (κ3) is 6.51. The van der Waals surface area contributed by atoms with E-state index >= 15 is 0 Å². The maximum atomic E-state index is 12.3. The second-order valence-electron chi connectivity index (χ2n) is 6.97. The van der Waals surface area contributed by atoms with Gasteiger partial charge in [-0.1, -0.05) is 17.7 Å². The summed E-state index contributed by atoms with van der Waals surface area (Å²) in [4.78, 5) is 39.5. The number of nitrogens with one attached hydrogen (secondary N) is 2. The lowest BCUT2D eigenvalue weighted by Crippen LogP contribution is -2.43. The summed E-state index contributed by atoms with van der Waals surface area (Å²) in [5, 5.41) is 7.21. The van der Waals surface area contributed by atoms with E-state index in [9.17, 15) is 9.59 Å². The molecule has 0 radical (unpaired) electrons. The second kappa shape index (κ2) is 10.4. The molecule has 13 heteroatoms. The van der Waals surface area contributed by atoms with Crippen molar-refractivity contribution in [2.45, 2.75) is 25.4 Å². The van der Waals surface area contributed by atoms with Crippen molar-refractivity contribution in [1.29, 1.82) is 0 Å². The number of amides is 2. The Bertz CT molecular complexity index is 959. The van der Waals surface area contributed by atoms with Crippen LogP contribution in [0.4, 0.5) is 11.6 Å². The van der Waals surface area contributed by atoms with Crippen molar-refractivity contribution in [2.75, 3.05) is 31.1 Å². The van der Waals surface area contributed by atoms with Gasteiger partial charge in [0.15, 0.2) is 28.4 Å². The van der Waals surface area contributed by atoms with Crippen LogP contribution in [0.2, 0.25) is 5.15 Å². The summed E-state index contributed by atoms with van der Waals surface area (Å²) < 4.78 is 0. The lowest BCUT2D eigenvalue weighted by atomic mass is 10.1. The molecule has 0 unspecified atom stereocenters. The van der Waals surface area contributed by atoms with Gasteiger partial charge in [0.1, 0.15) is 0 Å². The zero-order valence-corrected chi connectivity index (χ0v) is 18.2. The molecule has 0 atom stereocenters. The van der Waals surface area contributed by atoms with E-state index in [0.29, 0.717) is 39.0 Å². The highest BCUT2D eigenvalue weighted by Crippen LogP contribution is 2.17. The fraction of sp³-hybridized carbons (Fsp3) is 0.389. The van der Waals surface area contributed by atoms with E-state index in [1.54, 1.807) is 11.3 Å². The average molecular weight is 466 g/mol. The first kappa shape index (κ1) is 22.7. The van der Waals surface area contributed by atoms with Crippen molar-refractivity contribution >= 4 is 52.3 Å². The van der Waals surface area contributed by atoms with Crippen LogP contribution in [0, 0.1) is 0 Å². The van der Waals surface area contributed by atoms with Crippen molar-refractivity contribution in [1.82, 2.24) is 25.5 Å². The molecule has 2 aromatic heterocycles. The maximum Gasteiger partial charge on any atom is 0.280 e. The first-order valence-corrected chi connectivity index (χ1v) is 10.8. The molecule has 0 bridgehead atoms. The van der Waals surface area contributed by atoms with Crippen LogP contribution in [0.5, 0.6) is 0 Å². The van der Waals surface area contributed by atoms with E-state index < -0.39 is 5.91 Å². The highest BCUT2D eigenvalue weighted by Gasteiger charge is 2.22. The molecule has 8 N–H and O–H groups in total. The van der Waals surface area contributed by atoms with Crippen molar-refractivity contribution < 1.29 is 9.59 Å². The van der Waals surface area contributed by atoms with E-state index in [0.717, 1.165) is 4.88 Å². The number of hydrogen-bond acceptors (Lipinski definition) is 9. The number of aliphatic imine (C=N–C) groups is 1. The summed E-state index contributed by atoms with van der Waals surface area (Å²) >= 11 is 7.40. The summed E-state index contributed by atoms with van der Waals surface area (Å²) in [6, 6.07) is 3.88. The molecule has 2 aromatic rings. The van der Waals surface area contributed by atoms with Gasteiger partial charge in [-0.15, -0.1) is 11.3 Å². The lowest BCUT2D eigenvalue weighted by Gasteiger charge is -2.29. The predicted molar refractivity (Wildman–Crippen MR) is 121 cm³/mol. The van der Waals surface area contributed by atoms with E-state index in [4.69, 9.17) is 28.8 Å². The highest BCUT2D eigenvalue weighted by molar-refractivity contribution is 7.09. The molecular weight excluding hydrogens is 442 g/mol. The molecule has 1 fully saturated rings. The van der Waals surface area contributed by atoms with Gasteiger partial charge in [-0.05, 0) is 24.3 Å². The van der Waals surface area contributed by atoms with Crippen molar-refractivity contribution in [2.24, 2.45) is 10.7 Å². The molecule has 0 spiro atoms. The lowest BCUT2D eigenvalue weighted by molar-refractivity contribution is -0.122. The predicted octanol–water partition coefficient (Wildman–Crippen LogP) is 0.181. The van der Waals surface area contributed by atoms with E-state index in [1.165, 1.54) is 0 Å². The van der Waals surface area contributed by atoms with Crippen LogP contribution in [0.25, 0.3) is 0 Å². The summed E-state index contributed by atoms with van der Waals surface area (Å²) in [7, 11) is 0. The topological polar surface area (TPSA) is 178 Å². The van der Waals surface area contributed by atoms with E-state index in [1.807, 2.05) is 17.5 Å². The normalized spacial score (nSPS) is 15.6. The Hall–Kier alpha value is -2.96. The number of hydrogen-bond donors (Lipinski definition) is 5. The minimum atomic E-state index is -0.673. The monoisotopic (exact) mass is 465 g/mol. The van der Waals surface area contributed by atoms with Crippen LogP contribution in [-0.2, 0) is 11.3 Å². The number of guanidine groups is 1. The number of carbonyl (C=O) groups excluding carboxylic acids is 2. The number of nitrogens with two attached hydrogens (primary N) is 3. The van der Waals surface area contributed by atoms with Crippen LogP contribution >= 0.6 is 22.9 Å². The Morgan fingerprint density at radius 1 is 1.26 bits per heavy atom. The minimum Gasteiger partial charge on any atom is -0.382 e. The number of nitrogens with zero attached hydrogens (tertiary/aromatic N) is 4. The van der Waals surface area contributed by atoms with Gasteiger partial charge in [-0.2, -0.15) is 0 Å². The minimum absolute atomic E-state index is 0.0111. The van der Waals surface area contributed by atoms with Gasteiger partial charge in [0.05, 0.1) is 19.1 Å². The molecule has 1 aliphatic rings. The van der Waals surface area contributed by atoms with Crippen molar-refractivity contribution in [3.8, 4) is 0 Å². The molecule has 0 saturated carbocycles. The number of thiophene rings is 1. The molecule has 11 nitrogen and oxygen atoms in total. The van der Waals surface area contributed by atoms with Gasteiger partial charge in [-0.25, -0.2) is 15.0 Å². The van der Waals surface area contributed by atoms with Gasteiger partial charge >= 0.3 is 0 Å². The molecule has 166 valence electrons. The van der Waals surface area contributed by atoms with E-state index in [-0.39, 0.29) is 40.4 Å². The molecule has 31 heavy (non-hydrogen) atoms. The van der Waals surface area contributed by atoms with Crippen LogP contribution in [-0.4, -0.2) is 58.3 Å². The molecule has 0 aliphatic carbocycles. The standard InChI is InChI=1S/C18H24ClN9O2S/c19-14-16(21)26-15(20)13(25-14)17(30)27-18(22)24-10-3-5-28(6-4-10)9-12(29)23-8-11-2-1-7-31-11/h1-2,7,10H,3-6,8-9H2,(H,23,29)(H4,20,21,26)(H3,22,24,27,30). The Labute approximate surface area is 188 Å². The third-order valence-corrected chi connectivity index (χ3v) is 5.80. The Kier molecular flexibility index (Phi) is 7.60. The summed E-state index contributed by atoms with van der Waals surface area (Å²) in [6.45, 7) is 2.28. The fourth-order valence-corrected chi connectivity index (χ4v) is 3.85.